The van der Waals surface area contributed by atoms with E-state index in [1.165, 1.54) is 22.3 Å². The fraction of sp³-hybridized carbons (Fsp3) is 0.480. The first-order valence-corrected chi connectivity index (χ1v) is 10.7. The summed E-state index contributed by atoms with van der Waals surface area (Å²) < 4.78 is 0. The lowest BCUT2D eigenvalue weighted by Crippen LogP contribution is -2.48. The Labute approximate surface area is 170 Å². The molecule has 1 aliphatic rings. The van der Waals surface area contributed by atoms with Crippen molar-refractivity contribution in [1.29, 1.82) is 0 Å². The summed E-state index contributed by atoms with van der Waals surface area (Å²) in [5.41, 5.74) is 6.71. The quantitative estimate of drug-likeness (QED) is 0.701. The van der Waals surface area contributed by atoms with Crippen molar-refractivity contribution in [3.63, 3.8) is 0 Å². The van der Waals surface area contributed by atoms with Crippen LogP contribution in [0.4, 0.5) is 5.69 Å². The predicted molar refractivity (Wildman–Crippen MR) is 118 cm³/mol. The van der Waals surface area contributed by atoms with Gasteiger partial charge in [-0.25, -0.2) is 0 Å². The van der Waals surface area contributed by atoms with Crippen molar-refractivity contribution >= 4 is 11.6 Å². The third-order valence-corrected chi connectivity index (χ3v) is 6.05. The number of nitrogens with zero attached hydrogens (tertiary/aromatic N) is 2. The Morgan fingerprint density at radius 1 is 1.04 bits per heavy atom. The summed E-state index contributed by atoms with van der Waals surface area (Å²) in [7, 11) is 0. The van der Waals surface area contributed by atoms with Crippen molar-refractivity contribution < 1.29 is 4.79 Å². The van der Waals surface area contributed by atoms with E-state index >= 15 is 0 Å². The van der Waals surface area contributed by atoms with Gasteiger partial charge < -0.3 is 9.80 Å². The molecule has 0 unspecified atom stereocenters. The highest BCUT2D eigenvalue weighted by molar-refractivity contribution is 5.93. The lowest BCUT2D eigenvalue weighted by Gasteiger charge is -2.38. The maximum atomic E-state index is 12.6. The van der Waals surface area contributed by atoms with Crippen molar-refractivity contribution in [2.75, 3.05) is 24.5 Å². The molecule has 0 aliphatic carbocycles. The van der Waals surface area contributed by atoms with E-state index in [9.17, 15) is 4.79 Å². The zero-order valence-corrected chi connectivity index (χ0v) is 17.9. The number of aryl methyl sites for hydroxylation is 3. The van der Waals surface area contributed by atoms with Gasteiger partial charge in [-0.1, -0.05) is 42.8 Å². The molecule has 3 nitrogen and oxygen atoms in total. The molecule has 0 saturated carbocycles. The molecule has 1 saturated heterocycles. The van der Waals surface area contributed by atoms with Gasteiger partial charge in [-0.2, -0.15) is 0 Å². The standard InChI is InChI=1S/C25H34N2O/c1-5-25(28)27(22-9-7-6-8-10-22)23-11-14-26(15-12-23)16-13-24-20(3)17-19(2)18-21(24)4/h6-10,17-18,23H,5,11-16H2,1-4H3. The SMILES string of the molecule is CCC(=O)N(c1ccccc1)C1CCN(CCc2c(C)cc(C)cc2C)CC1. The molecular weight excluding hydrogens is 344 g/mol. The van der Waals surface area contributed by atoms with Crippen molar-refractivity contribution in [2.45, 2.75) is 59.4 Å². The van der Waals surface area contributed by atoms with E-state index in [1.54, 1.807) is 0 Å². The molecule has 0 radical (unpaired) electrons. The van der Waals surface area contributed by atoms with E-state index in [4.69, 9.17) is 0 Å². The predicted octanol–water partition coefficient (Wildman–Crippen LogP) is 5.06. The highest BCUT2D eigenvalue weighted by atomic mass is 16.2. The number of benzene rings is 2. The van der Waals surface area contributed by atoms with Crippen LogP contribution in [0.5, 0.6) is 0 Å². The highest BCUT2D eigenvalue weighted by Gasteiger charge is 2.28. The minimum absolute atomic E-state index is 0.232. The average molecular weight is 379 g/mol. The number of hydrogen-bond acceptors (Lipinski definition) is 2. The van der Waals surface area contributed by atoms with Gasteiger partial charge in [0.05, 0.1) is 0 Å². The van der Waals surface area contributed by atoms with Gasteiger partial charge in [0.25, 0.3) is 0 Å². The van der Waals surface area contributed by atoms with E-state index in [-0.39, 0.29) is 5.91 Å². The molecule has 0 spiro atoms. The highest BCUT2D eigenvalue weighted by Crippen LogP contribution is 2.25. The fourth-order valence-electron chi connectivity index (χ4n) is 4.59. The Morgan fingerprint density at radius 3 is 2.21 bits per heavy atom. The molecule has 1 aliphatic heterocycles. The molecule has 0 aromatic heterocycles. The summed E-state index contributed by atoms with van der Waals surface area (Å²) in [5.74, 6) is 0.232. The maximum Gasteiger partial charge on any atom is 0.226 e. The van der Waals surface area contributed by atoms with Gasteiger partial charge in [0, 0.05) is 37.8 Å². The summed E-state index contributed by atoms with van der Waals surface area (Å²) in [6, 6.07) is 15.1. The fourth-order valence-corrected chi connectivity index (χ4v) is 4.59. The van der Waals surface area contributed by atoms with Crippen LogP contribution in [-0.4, -0.2) is 36.5 Å². The summed E-state index contributed by atoms with van der Waals surface area (Å²) in [4.78, 5) is 17.2. The first-order valence-electron chi connectivity index (χ1n) is 10.7. The first kappa shape index (κ1) is 20.6. The zero-order valence-electron chi connectivity index (χ0n) is 17.9. The van der Waals surface area contributed by atoms with E-state index in [0.717, 1.165) is 44.6 Å². The Hall–Kier alpha value is -2.13. The van der Waals surface area contributed by atoms with E-state index in [2.05, 4.69) is 49.9 Å². The molecule has 28 heavy (non-hydrogen) atoms. The van der Waals surface area contributed by atoms with Crippen molar-refractivity contribution in [3.05, 3.63) is 64.7 Å². The van der Waals surface area contributed by atoms with Crippen LogP contribution in [0.3, 0.4) is 0 Å². The lowest BCUT2D eigenvalue weighted by molar-refractivity contribution is -0.119. The van der Waals surface area contributed by atoms with Crippen LogP contribution in [-0.2, 0) is 11.2 Å². The number of piperidine rings is 1. The summed E-state index contributed by atoms with van der Waals surface area (Å²) >= 11 is 0. The van der Waals surface area contributed by atoms with Gasteiger partial charge in [-0.3, -0.25) is 4.79 Å². The van der Waals surface area contributed by atoms with Crippen LogP contribution < -0.4 is 4.90 Å². The van der Waals surface area contributed by atoms with Gasteiger partial charge in [-0.05, 0) is 68.9 Å². The Kier molecular flexibility index (Phi) is 6.90. The second-order valence-corrected chi connectivity index (χ2v) is 8.15. The van der Waals surface area contributed by atoms with Gasteiger partial charge in [0.1, 0.15) is 0 Å². The second-order valence-electron chi connectivity index (χ2n) is 8.15. The van der Waals surface area contributed by atoms with Crippen LogP contribution in [0.1, 0.15) is 48.4 Å². The molecule has 3 rings (SSSR count). The zero-order chi connectivity index (χ0) is 20.1. The molecule has 150 valence electrons. The van der Waals surface area contributed by atoms with Gasteiger partial charge in [-0.15, -0.1) is 0 Å². The minimum Gasteiger partial charge on any atom is -0.309 e. The smallest absolute Gasteiger partial charge is 0.226 e. The van der Waals surface area contributed by atoms with Crippen LogP contribution in [0.15, 0.2) is 42.5 Å². The number of carbonyl (C=O) groups excluding carboxylic acids is 1. The number of para-hydroxylation sites is 1. The van der Waals surface area contributed by atoms with Crippen molar-refractivity contribution in [3.8, 4) is 0 Å². The van der Waals surface area contributed by atoms with Gasteiger partial charge in [0.15, 0.2) is 0 Å². The summed E-state index contributed by atoms with van der Waals surface area (Å²) in [5, 5.41) is 0. The molecule has 2 aromatic rings. The van der Waals surface area contributed by atoms with E-state index in [0.29, 0.717) is 12.5 Å². The third kappa shape index (κ3) is 4.82. The minimum atomic E-state index is 0.232. The molecule has 0 atom stereocenters. The molecule has 0 N–H and O–H groups in total. The lowest BCUT2D eigenvalue weighted by atomic mass is 9.96. The molecular formula is C25H34N2O. The van der Waals surface area contributed by atoms with Gasteiger partial charge in [0.2, 0.25) is 5.91 Å². The van der Waals surface area contributed by atoms with Crippen molar-refractivity contribution in [2.24, 2.45) is 0 Å². The number of carbonyl (C=O) groups is 1. The second kappa shape index (κ2) is 9.38. The summed E-state index contributed by atoms with van der Waals surface area (Å²) in [6.07, 6.45) is 3.76. The largest absolute Gasteiger partial charge is 0.309 e. The van der Waals surface area contributed by atoms with Crippen LogP contribution in [0, 0.1) is 20.8 Å². The normalized spacial score (nSPS) is 15.6. The average Bonchev–Trinajstić information content (AvgIpc) is 2.69. The number of anilines is 1. The topological polar surface area (TPSA) is 23.6 Å². The number of hydrogen-bond donors (Lipinski definition) is 0. The monoisotopic (exact) mass is 378 g/mol. The molecule has 1 amide bonds. The number of likely N-dealkylation sites (tertiary alicyclic amines) is 1. The first-order chi connectivity index (χ1) is 13.5. The Balaban J connectivity index is 1.60. The van der Waals surface area contributed by atoms with E-state index < -0.39 is 0 Å². The van der Waals surface area contributed by atoms with E-state index in [1.807, 2.05) is 30.0 Å². The Morgan fingerprint density at radius 2 is 1.64 bits per heavy atom. The summed E-state index contributed by atoms with van der Waals surface area (Å²) in [6.45, 7) is 11.8. The molecule has 3 heteroatoms. The molecule has 2 aromatic carbocycles. The van der Waals surface area contributed by atoms with Gasteiger partial charge >= 0.3 is 0 Å². The Bertz CT molecular complexity index is 768. The maximum absolute atomic E-state index is 12.6. The molecule has 1 heterocycles. The van der Waals surface area contributed by atoms with Crippen molar-refractivity contribution in [1.82, 2.24) is 4.90 Å². The molecule has 1 fully saturated rings. The molecule has 0 bridgehead atoms. The third-order valence-electron chi connectivity index (χ3n) is 6.05. The van der Waals surface area contributed by atoms with Crippen LogP contribution >= 0.6 is 0 Å². The number of amides is 1. The number of rotatable bonds is 6. The van der Waals surface area contributed by atoms with Crippen LogP contribution in [0.2, 0.25) is 0 Å². The van der Waals surface area contributed by atoms with Crippen LogP contribution in [0.25, 0.3) is 0 Å².